The summed E-state index contributed by atoms with van der Waals surface area (Å²) in [6, 6.07) is 7.24. The number of aliphatic hydroxyl groups excluding tert-OH is 1. The van der Waals surface area contributed by atoms with Gasteiger partial charge in [0.15, 0.2) is 6.10 Å². The molecule has 0 aliphatic heterocycles. The standard InChI is InChI=1S/C13H17NO2/c1-10(2)9-16-12-6-4-11(5-7-12)13(15)8-14-3/h4-7,10,13,15H,8-9H2,1-2H3. The highest BCUT2D eigenvalue weighted by molar-refractivity contribution is 5.28. The van der Waals surface area contributed by atoms with Crippen LogP contribution >= 0.6 is 0 Å². The Balaban J connectivity index is 2.58. The van der Waals surface area contributed by atoms with Crippen molar-refractivity contribution in [3.63, 3.8) is 0 Å². The number of hydrogen-bond donors (Lipinski definition) is 1. The molecular formula is C13H17NO2. The summed E-state index contributed by atoms with van der Waals surface area (Å²) in [4.78, 5) is 3.16. The summed E-state index contributed by atoms with van der Waals surface area (Å²) < 4.78 is 5.52. The molecule has 1 aromatic carbocycles. The maximum atomic E-state index is 9.57. The van der Waals surface area contributed by atoms with Crippen molar-refractivity contribution in [1.82, 2.24) is 0 Å². The smallest absolute Gasteiger partial charge is 0.244 e. The first-order valence-electron chi connectivity index (χ1n) is 5.37. The molecule has 16 heavy (non-hydrogen) atoms. The summed E-state index contributed by atoms with van der Waals surface area (Å²) in [6.07, 6.45) is -0.698. The Kier molecular flexibility index (Phi) is 4.81. The van der Waals surface area contributed by atoms with Crippen molar-refractivity contribution < 1.29 is 9.84 Å². The molecule has 0 aromatic heterocycles. The Morgan fingerprint density at radius 2 is 1.94 bits per heavy atom. The van der Waals surface area contributed by atoms with Crippen molar-refractivity contribution in [1.29, 1.82) is 0 Å². The van der Waals surface area contributed by atoms with Crippen molar-refractivity contribution in [3.8, 4) is 5.75 Å². The van der Waals surface area contributed by atoms with E-state index in [1.807, 2.05) is 12.1 Å². The molecule has 0 bridgehead atoms. The third-order valence-electron chi connectivity index (χ3n) is 2.11. The van der Waals surface area contributed by atoms with Gasteiger partial charge in [-0.1, -0.05) is 26.0 Å². The first-order chi connectivity index (χ1) is 7.63. The van der Waals surface area contributed by atoms with Crippen LogP contribution in [0.3, 0.4) is 0 Å². The number of ether oxygens (including phenoxy) is 1. The Labute approximate surface area is 96.5 Å². The average Bonchev–Trinajstić information content (AvgIpc) is 2.27. The summed E-state index contributed by atoms with van der Waals surface area (Å²) >= 11 is 0. The van der Waals surface area contributed by atoms with Crippen LogP contribution in [0, 0.1) is 12.5 Å². The second-order valence-corrected chi connectivity index (χ2v) is 4.13. The van der Waals surface area contributed by atoms with Gasteiger partial charge in [0.25, 0.3) is 0 Å². The van der Waals surface area contributed by atoms with Crippen LogP contribution in [0.2, 0.25) is 0 Å². The number of nitrogens with zero attached hydrogens (tertiary/aromatic N) is 1. The topological polar surface area (TPSA) is 33.8 Å². The van der Waals surface area contributed by atoms with Gasteiger partial charge in [0.2, 0.25) is 6.54 Å². The molecule has 0 heterocycles. The number of rotatable bonds is 5. The zero-order valence-electron chi connectivity index (χ0n) is 9.68. The maximum Gasteiger partial charge on any atom is 0.244 e. The summed E-state index contributed by atoms with van der Waals surface area (Å²) in [7, 11) is 0. The van der Waals surface area contributed by atoms with Crippen LogP contribution in [-0.2, 0) is 0 Å². The highest BCUT2D eigenvalue weighted by atomic mass is 16.5. The highest BCUT2D eigenvalue weighted by Gasteiger charge is 2.09. The Bertz CT molecular complexity index is 351. The first-order valence-corrected chi connectivity index (χ1v) is 5.37. The molecule has 0 saturated heterocycles. The molecule has 0 radical (unpaired) electrons. The monoisotopic (exact) mass is 219 g/mol. The molecular weight excluding hydrogens is 202 g/mol. The molecule has 1 N–H and O–H groups in total. The predicted octanol–water partition coefficient (Wildman–Crippen LogP) is 2.67. The van der Waals surface area contributed by atoms with E-state index in [0.29, 0.717) is 12.5 Å². The van der Waals surface area contributed by atoms with E-state index in [2.05, 4.69) is 18.7 Å². The third kappa shape index (κ3) is 3.92. The highest BCUT2D eigenvalue weighted by Crippen LogP contribution is 2.18. The lowest BCUT2D eigenvalue weighted by Gasteiger charge is -2.10. The number of hydrogen-bond acceptors (Lipinski definition) is 2. The predicted molar refractivity (Wildman–Crippen MR) is 63.2 cm³/mol. The average molecular weight is 219 g/mol. The number of benzene rings is 1. The minimum Gasteiger partial charge on any atom is -0.493 e. The minimum absolute atomic E-state index is 0.103. The van der Waals surface area contributed by atoms with Crippen molar-refractivity contribution >= 4 is 0 Å². The largest absolute Gasteiger partial charge is 0.493 e. The van der Waals surface area contributed by atoms with Crippen LogP contribution in [0.5, 0.6) is 5.75 Å². The van der Waals surface area contributed by atoms with Gasteiger partial charge in [-0.3, -0.25) is 0 Å². The van der Waals surface area contributed by atoms with E-state index in [1.165, 1.54) is 0 Å². The molecule has 0 aliphatic rings. The Hall–Kier alpha value is -1.53. The van der Waals surface area contributed by atoms with Crippen LogP contribution in [-0.4, -0.2) is 18.3 Å². The first kappa shape index (κ1) is 12.5. The quantitative estimate of drug-likeness (QED) is 0.772. The lowest BCUT2D eigenvalue weighted by molar-refractivity contribution is 0.195. The minimum atomic E-state index is -0.698. The van der Waals surface area contributed by atoms with Crippen LogP contribution in [0.1, 0.15) is 25.5 Å². The molecule has 1 aromatic rings. The van der Waals surface area contributed by atoms with E-state index in [1.54, 1.807) is 12.1 Å². The fourth-order valence-electron chi connectivity index (χ4n) is 1.24. The molecule has 0 saturated carbocycles. The van der Waals surface area contributed by atoms with Crippen LogP contribution in [0.4, 0.5) is 0 Å². The van der Waals surface area contributed by atoms with Crippen molar-refractivity contribution in [2.45, 2.75) is 20.0 Å². The summed E-state index contributed by atoms with van der Waals surface area (Å²) in [5.41, 5.74) is 0.757. The second kappa shape index (κ2) is 6.14. The molecule has 1 unspecified atom stereocenters. The molecule has 0 spiro atoms. The van der Waals surface area contributed by atoms with Gasteiger partial charge in [0.05, 0.1) is 6.61 Å². The lowest BCUT2D eigenvalue weighted by Crippen LogP contribution is -2.05. The van der Waals surface area contributed by atoms with Crippen molar-refractivity contribution in [3.05, 3.63) is 41.2 Å². The molecule has 3 heteroatoms. The summed E-state index contributed by atoms with van der Waals surface area (Å²) in [6.45, 7) is 11.6. The van der Waals surface area contributed by atoms with E-state index in [-0.39, 0.29) is 6.54 Å². The van der Waals surface area contributed by atoms with Crippen molar-refractivity contribution in [2.24, 2.45) is 5.92 Å². The fourth-order valence-corrected chi connectivity index (χ4v) is 1.24. The molecule has 1 rings (SSSR count). The fraction of sp³-hybridized carbons (Fsp3) is 0.462. The third-order valence-corrected chi connectivity index (χ3v) is 2.11. The van der Waals surface area contributed by atoms with Gasteiger partial charge < -0.3 is 14.7 Å². The lowest BCUT2D eigenvalue weighted by atomic mass is 10.1. The molecule has 0 aliphatic carbocycles. The van der Waals surface area contributed by atoms with E-state index in [0.717, 1.165) is 11.3 Å². The summed E-state index contributed by atoms with van der Waals surface area (Å²) in [5.74, 6) is 1.29. The van der Waals surface area contributed by atoms with Crippen LogP contribution in [0.15, 0.2) is 24.3 Å². The molecule has 86 valence electrons. The van der Waals surface area contributed by atoms with E-state index >= 15 is 0 Å². The molecule has 1 atom stereocenters. The van der Waals surface area contributed by atoms with Gasteiger partial charge in [-0.15, -0.1) is 0 Å². The SMILES string of the molecule is [C-]#[N+]CC(O)c1ccc(OCC(C)C)cc1. The normalized spacial score (nSPS) is 12.2. The second-order valence-electron chi connectivity index (χ2n) is 4.13. The van der Waals surface area contributed by atoms with Crippen LogP contribution < -0.4 is 4.74 Å². The Morgan fingerprint density at radius 3 is 2.44 bits per heavy atom. The van der Waals surface area contributed by atoms with Gasteiger partial charge in [-0.25, -0.2) is 6.57 Å². The van der Waals surface area contributed by atoms with Gasteiger partial charge in [-0.05, 0) is 23.6 Å². The van der Waals surface area contributed by atoms with E-state index < -0.39 is 6.10 Å². The molecule has 0 fully saturated rings. The molecule has 0 amide bonds. The van der Waals surface area contributed by atoms with Gasteiger partial charge >= 0.3 is 0 Å². The molecule has 3 nitrogen and oxygen atoms in total. The van der Waals surface area contributed by atoms with Gasteiger partial charge in [-0.2, -0.15) is 0 Å². The zero-order chi connectivity index (χ0) is 12.0. The maximum absolute atomic E-state index is 9.57. The van der Waals surface area contributed by atoms with Gasteiger partial charge in [0.1, 0.15) is 5.75 Å². The zero-order valence-corrected chi connectivity index (χ0v) is 9.68. The van der Waals surface area contributed by atoms with E-state index in [4.69, 9.17) is 11.3 Å². The van der Waals surface area contributed by atoms with Gasteiger partial charge in [0, 0.05) is 0 Å². The van der Waals surface area contributed by atoms with Crippen LogP contribution in [0.25, 0.3) is 4.85 Å². The summed E-state index contributed by atoms with van der Waals surface area (Å²) in [5, 5.41) is 9.57. The van der Waals surface area contributed by atoms with Crippen molar-refractivity contribution in [2.75, 3.05) is 13.2 Å². The van der Waals surface area contributed by atoms with E-state index in [9.17, 15) is 5.11 Å². The number of aliphatic hydroxyl groups is 1. The Morgan fingerprint density at radius 1 is 1.31 bits per heavy atom.